The number of nitrogens with one attached hydrogen (secondary N) is 1. The van der Waals surface area contributed by atoms with Gasteiger partial charge in [-0.15, -0.1) is 0 Å². The van der Waals surface area contributed by atoms with E-state index in [4.69, 9.17) is 0 Å². The van der Waals surface area contributed by atoms with E-state index >= 15 is 0 Å². The molecule has 0 heterocycles. The monoisotopic (exact) mass is 373 g/mol. The molecule has 0 radical (unpaired) electrons. The molecule has 3 aromatic rings. The first kappa shape index (κ1) is 18.2. The van der Waals surface area contributed by atoms with Gasteiger partial charge >= 0.3 is 6.18 Å². The fourth-order valence-electron chi connectivity index (χ4n) is 2.46. The van der Waals surface area contributed by atoms with E-state index in [0.717, 1.165) is 22.7 Å². The minimum atomic E-state index is -4.40. The van der Waals surface area contributed by atoms with Gasteiger partial charge in [0.2, 0.25) is 0 Å². The molecule has 26 heavy (non-hydrogen) atoms. The number of hydrogen-bond donors (Lipinski definition) is 1. The van der Waals surface area contributed by atoms with Crippen molar-refractivity contribution in [2.45, 2.75) is 6.18 Å². The average Bonchev–Trinajstić information content (AvgIpc) is 2.63. The third-order valence-corrected chi connectivity index (χ3v) is 5.84. The number of hydrogen-bond acceptors (Lipinski definition) is 1. The zero-order chi connectivity index (χ0) is 18.6. The summed E-state index contributed by atoms with van der Waals surface area (Å²) in [7, 11) is -1.34. The van der Waals surface area contributed by atoms with Gasteiger partial charge in [0.25, 0.3) is 5.65 Å². The second-order valence-corrected chi connectivity index (χ2v) is 7.62. The Morgan fingerprint density at radius 1 is 0.731 bits per heavy atom. The molecule has 0 saturated carbocycles. The van der Waals surface area contributed by atoms with Crippen molar-refractivity contribution in [2.75, 3.05) is 5.32 Å². The Balaban J connectivity index is 1.87. The number of anilines is 1. The lowest BCUT2D eigenvalue weighted by molar-refractivity contribution is -0.137. The Morgan fingerprint density at radius 3 is 1.62 bits per heavy atom. The molecule has 0 fully saturated rings. The molecule has 0 aliphatic heterocycles. The van der Waals surface area contributed by atoms with Crippen LogP contribution in [0.5, 0.6) is 0 Å². The predicted molar refractivity (Wildman–Crippen MR) is 99.5 cm³/mol. The Hall–Kier alpha value is -2.65. The Kier molecular flexibility index (Phi) is 5.38. The van der Waals surface area contributed by atoms with E-state index in [1.807, 2.05) is 60.7 Å². The minimum Gasteiger partial charge on any atom is -0.322 e. The first-order valence-corrected chi connectivity index (χ1v) is 9.18. The summed E-state index contributed by atoms with van der Waals surface area (Å²) < 4.78 is 38.0. The third-order valence-electron chi connectivity index (χ3n) is 3.70. The van der Waals surface area contributed by atoms with Gasteiger partial charge < -0.3 is 5.32 Å². The van der Waals surface area contributed by atoms with E-state index in [-0.39, 0.29) is 5.65 Å². The van der Waals surface area contributed by atoms with E-state index in [1.54, 1.807) is 0 Å². The topological polar surface area (TPSA) is 29.1 Å². The molecule has 1 amide bonds. The Morgan fingerprint density at radius 2 is 1.19 bits per heavy atom. The summed E-state index contributed by atoms with van der Waals surface area (Å²) in [4.78, 5) is 12.9. The van der Waals surface area contributed by atoms with Crippen molar-refractivity contribution >= 4 is 29.9 Å². The second kappa shape index (κ2) is 7.71. The molecule has 1 N–H and O–H groups in total. The maximum atomic E-state index is 12.9. The number of carbonyl (C=O) groups excluding carboxylic acids is 1. The molecule has 0 atom stereocenters. The number of rotatable bonds is 4. The average molecular weight is 373 g/mol. The lowest BCUT2D eigenvalue weighted by atomic mass is 10.2. The molecule has 3 rings (SSSR count). The summed E-state index contributed by atoms with van der Waals surface area (Å²) in [6, 6.07) is 23.2. The molecule has 2 nitrogen and oxygen atoms in total. The highest BCUT2D eigenvalue weighted by Gasteiger charge is 2.30. The van der Waals surface area contributed by atoms with Crippen molar-refractivity contribution in [1.29, 1.82) is 0 Å². The van der Waals surface area contributed by atoms with Crippen LogP contribution in [0, 0.1) is 0 Å². The first-order chi connectivity index (χ1) is 12.4. The largest absolute Gasteiger partial charge is 0.416 e. The Labute approximate surface area is 150 Å². The quantitative estimate of drug-likeness (QED) is 0.612. The van der Waals surface area contributed by atoms with Crippen LogP contribution in [-0.4, -0.2) is 5.65 Å². The highest BCUT2D eigenvalue weighted by atomic mass is 31.1. The van der Waals surface area contributed by atoms with E-state index in [2.05, 4.69) is 5.32 Å². The van der Waals surface area contributed by atoms with Crippen molar-refractivity contribution < 1.29 is 18.0 Å². The highest BCUT2D eigenvalue weighted by molar-refractivity contribution is 7.88. The van der Waals surface area contributed by atoms with Crippen LogP contribution < -0.4 is 15.9 Å². The summed E-state index contributed by atoms with van der Waals surface area (Å²) in [5.74, 6) is 0. The molecule has 0 unspecified atom stereocenters. The van der Waals surface area contributed by atoms with Crippen molar-refractivity contribution in [2.24, 2.45) is 0 Å². The van der Waals surface area contributed by atoms with Crippen LogP contribution >= 0.6 is 7.92 Å². The molecular weight excluding hydrogens is 358 g/mol. The number of carbonyl (C=O) groups is 1. The van der Waals surface area contributed by atoms with E-state index in [9.17, 15) is 18.0 Å². The predicted octanol–water partition coefficient (Wildman–Crippen LogP) is 5.37. The number of halogens is 3. The molecule has 0 aliphatic carbocycles. The summed E-state index contributed by atoms with van der Waals surface area (Å²) in [6.45, 7) is 0. The summed E-state index contributed by atoms with van der Waals surface area (Å²) in [5, 5.41) is 4.49. The van der Waals surface area contributed by atoms with E-state index < -0.39 is 19.7 Å². The van der Waals surface area contributed by atoms with E-state index in [0.29, 0.717) is 5.69 Å². The van der Waals surface area contributed by atoms with Crippen LogP contribution in [0.15, 0.2) is 84.9 Å². The first-order valence-electron chi connectivity index (χ1n) is 7.83. The van der Waals surface area contributed by atoms with Gasteiger partial charge in [0, 0.05) is 5.69 Å². The van der Waals surface area contributed by atoms with Crippen LogP contribution in [0.25, 0.3) is 0 Å². The number of amides is 1. The zero-order valence-electron chi connectivity index (χ0n) is 13.6. The van der Waals surface area contributed by atoms with Crippen LogP contribution in [-0.2, 0) is 6.18 Å². The van der Waals surface area contributed by atoms with Gasteiger partial charge in [0.05, 0.1) is 13.5 Å². The molecule has 0 aliphatic rings. The smallest absolute Gasteiger partial charge is 0.322 e. The molecule has 0 spiro atoms. The molecule has 0 bridgehead atoms. The van der Waals surface area contributed by atoms with Crippen LogP contribution in [0.1, 0.15) is 5.56 Å². The number of alkyl halides is 3. The molecule has 0 aromatic heterocycles. The van der Waals surface area contributed by atoms with Gasteiger partial charge in [-0.3, -0.25) is 4.79 Å². The lowest BCUT2D eigenvalue weighted by Gasteiger charge is -2.18. The van der Waals surface area contributed by atoms with Gasteiger partial charge in [-0.1, -0.05) is 60.7 Å². The van der Waals surface area contributed by atoms with Crippen LogP contribution in [0.2, 0.25) is 0 Å². The molecule has 3 aromatic carbocycles. The molecular formula is C20H15F3NOP. The fourth-order valence-corrected chi connectivity index (χ4v) is 4.41. The maximum absolute atomic E-state index is 12.9. The molecule has 6 heteroatoms. The zero-order valence-corrected chi connectivity index (χ0v) is 14.5. The number of benzene rings is 3. The van der Waals surface area contributed by atoms with Crippen LogP contribution in [0.3, 0.4) is 0 Å². The lowest BCUT2D eigenvalue weighted by Crippen LogP contribution is -2.22. The summed E-state index contributed by atoms with van der Waals surface area (Å²) in [6.07, 6.45) is -4.40. The Bertz CT molecular complexity index is 826. The van der Waals surface area contributed by atoms with Gasteiger partial charge in [0.1, 0.15) is 0 Å². The normalized spacial score (nSPS) is 11.4. The fraction of sp³-hybridized carbons (Fsp3) is 0.0500. The van der Waals surface area contributed by atoms with Gasteiger partial charge in [0.15, 0.2) is 0 Å². The third kappa shape index (κ3) is 4.30. The van der Waals surface area contributed by atoms with Crippen molar-refractivity contribution in [3.63, 3.8) is 0 Å². The van der Waals surface area contributed by atoms with Gasteiger partial charge in [-0.05, 0) is 34.9 Å². The molecule has 132 valence electrons. The highest BCUT2D eigenvalue weighted by Crippen LogP contribution is 2.36. The minimum absolute atomic E-state index is 0.239. The SMILES string of the molecule is O=C(Nc1ccc(C(F)(F)F)cc1)P(c1ccccc1)c1ccccc1. The van der Waals surface area contributed by atoms with Crippen molar-refractivity contribution in [1.82, 2.24) is 0 Å². The van der Waals surface area contributed by atoms with Crippen molar-refractivity contribution in [3.8, 4) is 0 Å². The van der Waals surface area contributed by atoms with E-state index in [1.165, 1.54) is 12.1 Å². The van der Waals surface area contributed by atoms with Gasteiger partial charge in [-0.2, -0.15) is 13.2 Å². The van der Waals surface area contributed by atoms with Crippen molar-refractivity contribution in [3.05, 3.63) is 90.5 Å². The van der Waals surface area contributed by atoms with Gasteiger partial charge in [-0.25, -0.2) is 0 Å². The second-order valence-electron chi connectivity index (χ2n) is 5.51. The maximum Gasteiger partial charge on any atom is 0.416 e. The summed E-state index contributed by atoms with van der Waals surface area (Å²) in [5.41, 5.74) is -0.650. The standard InChI is InChI=1S/C20H15F3NOP/c21-20(22,23)15-11-13-16(14-12-15)24-19(25)26(17-7-3-1-4-8-17)18-9-5-2-6-10-18/h1-14H,(H,24,25). The summed E-state index contributed by atoms with van der Waals surface area (Å²) >= 11 is 0. The van der Waals surface area contributed by atoms with Crippen LogP contribution in [0.4, 0.5) is 23.7 Å². The molecule has 0 saturated heterocycles.